The zero-order valence-electron chi connectivity index (χ0n) is 11.4. The van der Waals surface area contributed by atoms with Gasteiger partial charge in [-0.2, -0.15) is 0 Å². The predicted molar refractivity (Wildman–Crippen MR) is 72.1 cm³/mol. The quantitative estimate of drug-likeness (QED) is 0.793. The Kier molecular flexibility index (Phi) is 5.44. The first-order valence-electron chi connectivity index (χ1n) is 6.36. The lowest BCUT2D eigenvalue weighted by Gasteiger charge is -2.26. The number of primary amides is 1. The third-order valence-corrected chi connectivity index (χ3v) is 3.39. The fraction of sp³-hybridized carbons (Fsp3) is 0.500. The van der Waals surface area contributed by atoms with E-state index < -0.39 is 11.7 Å². The summed E-state index contributed by atoms with van der Waals surface area (Å²) >= 11 is 0. The molecule has 1 amide bonds. The van der Waals surface area contributed by atoms with E-state index in [-0.39, 0.29) is 17.7 Å². The van der Waals surface area contributed by atoms with E-state index in [1.54, 1.807) is 0 Å². The fourth-order valence-corrected chi connectivity index (χ4v) is 1.64. The highest BCUT2D eigenvalue weighted by Gasteiger charge is 2.20. The third-order valence-electron chi connectivity index (χ3n) is 3.39. The number of hydrogen-bond acceptors (Lipinski definition) is 3. The molecule has 0 aromatic heterocycles. The van der Waals surface area contributed by atoms with Crippen LogP contribution in [0.5, 0.6) is 0 Å². The molecule has 0 saturated heterocycles. The van der Waals surface area contributed by atoms with E-state index in [1.165, 1.54) is 12.1 Å². The molecular formula is C14H21FN2O2. The van der Waals surface area contributed by atoms with Crippen LogP contribution in [0.4, 0.5) is 4.39 Å². The minimum Gasteiger partial charge on any atom is -0.375 e. The molecule has 0 heterocycles. The number of benzene rings is 1. The van der Waals surface area contributed by atoms with E-state index in [1.807, 2.05) is 13.8 Å². The molecule has 0 aliphatic rings. The maximum Gasteiger partial charge on any atom is 0.248 e. The van der Waals surface area contributed by atoms with Crippen molar-refractivity contribution in [3.63, 3.8) is 0 Å². The molecule has 0 atom stereocenters. The van der Waals surface area contributed by atoms with Crippen molar-refractivity contribution in [3.8, 4) is 0 Å². The topological polar surface area (TPSA) is 78.3 Å². The number of hydrogen-bond donors (Lipinski definition) is 2. The van der Waals surface area contributed by atoms with Crippen molar-refractivity contribution in [2.24, 2.45) is 11.5 Å². The van der Waals surface area contributed by atoms with Gasteiger partial charge in [-0.25, -0.2) is 4.39 Å². The van der Waals surface area contributed by atoms with Crippen molar-refractivity contribution in [2.75, 3.05) is 6.61 Å². The Morgan fingerprint density at radius 2 is 2.00 bits per heavy atom. The van der Waals surface area contributed by atoms with E-state index in [4.69, 9.17) is 16.2 Å². The number of carbonyl (C=O) groups is 1. The summed E-state index contributed by atoms with van der Waals surface area (Å²) in [5, 5.41) is 0. The van der Waals surface area contributed by atoms with Gasteiger partial charge in [0.05, 0.1) is 13.2 Å². The Morgan fingerprint density at radius 3 is 2.47 bits per heavy atom. The molecule has 0 bridgehead atoms. The van der Waals surface area contributed by atoms with Gasteiger partial charge in [0.2, 0.25) is 5.91 Å². The second-order valence-electron chi connectivity index (χ2n) is 4.73. The van der Waals surface area contributed by atoms with Crippen LogP contribution in [-0.2, 0) is 11.3 Å². The number of carbonyl (C=O) groups excluding carboxylic acids is 1. The second-order valence-corrected chi connectivity index (χ2v) is 4.73. The highest BCUT2D eigenvalue weighted by Crippen LogP contribution is 2.15. The molecule has 0 saturated carbocycles. The van der Waals surface area contributed by atoms with Gasteiger partial charge in [-0.3, -0.25) is 4.79 Å². The summed E-state index contributed by atoms with van der Waals surface area (Å²) < 4.78 is 19.1. The van der Waals surface area contributed by atoms with E-state index in [2.05, 4.69) is 0 Å². The molecule has 0 spiro atoms. The van der Waals surface area contributed by atoms with Crippen molar-refractivity contribution in [1.29, 1.82) is 0 Å². The van der Waals surface area contributed by atoms with Gasteiger partial charge in [0, 0.05) is 16.7 Å². The van der Waals surface area contributed by atoms with E-state index >= 15 is 0 Å². The second kappa shape index (κ2) is 6.63. The average molecular weight is 268 g/mol. The largest absolute Gasteiger partial charge is 0.375 e. The minimum absolute atomic E-state index is 0.129. The van der Waals surface area contributed by atoms with Crippen molar-refractivity contribution >= 4 is 5.91 Å². The van der Waals surface area contributed by atoms with Gasteiger partial charge in [-0.1, -0.05) is 19.9 Å². The highest BCUT2D eigenvalue weighted by atomic mass is 19.1. The van der Waals surface area contributed by atoms with Crippen LogP contribution in [0.15, 0.2) is 18.2 Å². The van der Waals surface area contributed by atoms with Gasteiger partial charge in [0.1, 0.15) is 5.82 Å². The lowest BCUT2D eigenvalue weighted by Crippen LogP contribution is -2.43. The van der Waals surface area contributed by atoms with Crippen LogP contribution in [0.1, 0.15) is 42.6 Å². The third kappa shape index (κ3) is 4.29. The first-order valence-corrected chi connectivity index (χ1v) is 6.36. The van der Waals surface area contributed by atoms with E-state index in [0.717, 1.165) is 18.9 Å². The van der Waals surface area contributed by atoms with Crippen molar-refractivity contribution in [3.05, 3.63) is 35.1 Å². The Morgan fingerprint density at radius 1 is 1.37 bits per heavy atom. The first kappa shape index (κ1) is 15.6. The van der Waals surface area contributed by atoms with Crippen LogP contribution >= 0.6 is 0 Å². The number of halogens is 1. The summed E-state index contributed by atoms with van der Waals surface area (Å²) in [4.78, 5) is 10.9. The summed E-state index contributed by atoms with van der Waals surface area (Å²) in [6.07, 6.45) is 1.60. The van der Waals surface area contributed by atoms with Gasteiger partial charge in [-0.15, -0.1) is 0 Å². The summed E-state index contributed by atoms with van der Waals surface area (Å²) in [5.74, 6) is -1.14. The monoisotopic (exact) mass is 268 g/mol. The van der Waals surface area contributed by atoms with Crippen LogP contribution in [0.3, 0.4) is 0 Å². The summed E-state index contributed by atoms with van der Waals surface area (Å²) in [7, 11) is 0. The zero-order chi connectivity index (χ0) is 14.5. The molecule has 0 fully saturated rings. The first-order chi connectivity index (χ1) is 8.91. The molecule has 5 heteroatoms. The summed E-state index contributed by atoms with van der Waals surface area (Å²) in [5.41, 5.74) is 11.3. The lowest BCUT2D eigenvalue weighted by atomic mass is 9.96. The molecule has 1 rings (SSSR count). The molecule has 1 aromatic rings. The Balaban J connectivity index is 2.61. The van der Waals surface area contributed by atoms with Crippen LogP contribution in [0, 0.1) is 5.82 Å². The standard InChI is InChI=1S/C14H21FN2O2/c1-3-14(17,4-2)9-19-8-11-6-5-10(13(16)18)7-12(11)15/h5-7H,3-4,8-9,17H2,1-2H3,(H2,16,18). The number of nitrogens with two attached hydrogens (primary N) is 2. The molecule has 4 nitrogen and oxygen atoms in total. The Bertz CT molecular complexity index is 445. The molecule has 0 unspecified atom stereocenters. The van der Waals surface area contributed by atoms with Gasteiger partial charge in [0.15, 0.2) is 0 Å². The number of rotatable bonds is 7. The fourth-order valence-electron chi connectivity index (χ4n) is 1.64. The molecule has 0 radical (unpaired) electrons. The van der Waals surface area contributed by atoms with Crippen molar-refractivity contribution in [2.45, 2.75) is 38.8 Å². The van der Waals surface area contributed by atoms with Crippen LogP contribution in [0.25, 0.3) is 0 Å². The zero-order valence-corrected chi connectivity index (χ0v) is 11.4. The van der Waals surface area contributed by atoms with Gasteiger partial charge < -0.3 is 16.2 Å². The summed E-state index contributed by atoms with van der Waals surface area (Å²) in [6, 6.07) is 4.11. The highest BCUT2D eigenvalue weighted by molar-refractivity contribution is 5.92. The summed E-state index contributed by atoms with van der Waals surface area (Å²) in [6.45, 7) is 4.49. The molecule has 1 aromatic carbocycles. The Labute approximate surface area is 112 Å². The maximum atomic E-state index is 13.7. The van der Waals surface area contributed by atoms with Gasteiger partial charge >= 0.3 is 0 Å². The maximum absolute atomic E-state index is 13.7. The normalized spacial score (nSPS) is 11.6. The number of amides is 1. The van der Waals surface area contributed by atoms with Crippen LogP contribution in [0.2, 0.25) is 0 Å². The minimum atomic E-state index is -0.649. The molecule has 0 aliphatic carbocycles. The predicted octanol–water partition coefficient (Wildman–Crippen LogP) is 1.96. The van der Waals surface area contributed by atoms with Crippen LogP contribution in [-0.4, -0.2) is 18.1 Å². The van der Waals surface area contributed by atoms with E-state index in [9.17, 15) is 9.18 Å². The lowest BCUT2D eigenvalue weighted by molar-refractivity contribution is 0.0680. The molecule has 0 aliphatic heterocycles. The van der Waals surface area contributed by atoms with Gasteiger partial charge in [0.25, 0.3) is 0 Å². The van der Waals surface area contributed by atoms with Gasteiger partial charge in [-0.05, 0) is 25.0 Å². The Hall–Kier alpha value is -1.46. The van der Waals surface area contributed by atoms with E-state index in [0.29, 0.717) is 12.2 Å². The van der Waals surface area contributed by atoms with Crippen molar-refractivity contribution < 1.29 is 13.9 Å². The van der Waals surface area contributed by atoms with Crippen LogP contribution < -0.4 is 11.5 Å². The molecule has 106 valence electrons. The molecule has 4 N–H and O–H groups in total. The SMILES string of the molecule is CCC(N)(CC)COCc1ccc(C(N)=O)cc1F. The molecule has 19 heavy (non-hydrogen) atoms. The average Bonchev–Trinajstić information content (AvgIpc) is 2.40. The number of ether oxygens (including phenoxy) is 1. The smallest absolute Gasteiger partial charge is 0.248 e. The van der Waals surface area contributed by atoms with Crippen molar-refractivity contribution in [1.82, 2.24) is 0 Å². The molecular weight excluding hydrogens is 247 g/mol.